The second-order valence-corrected chi connectivity index (χ2v) is 7.02. The maximum atomic E-state index is 14.4. The summed E-state index contributed by atoms with van der Waals surface area (Å²) in [6.45, 7) is 2.97. The highest BCUT2D eigenvalue weighted by Gasteiger charge is 2.37. The lowest BCUT2D eigenvalue weighted by Crippen LogP contribution is -2.55. The van der Waals surface area contributed by atoms with E-state index in [9.17, 15) is 19.1 Å². The lowest BCUT2D eigenvalue weighted by Gasteiger charge is -2.24. The molecular weight excluding hydrogens is 353 g/mol. The second-order valence-electron chi connectivity index (χ2n) is 7.02. The fraction of sp³-hybridized carbons (Fsp3) is 0.421. The fourth-order valence-electron chi connectivity index (χ4n) is 3.35. The molecule has 1 unspecified atom stereocenters. The number of aliphatic carboxylic acids is 1. The van der Waals surface area contributed by atoms with Crippen molar-refractivity contribution in [3.63, 3.8) is 0 Å². The molecule has 1 aliphatic rings. The maximum Gasteiger partial charge on any atom is 0.331 e. The van der Waals surface area contributed by atoms with Crippen LogP contribution in [0.1, 0.15) is 40.7 Å². The zero-order valence-corrected chi connectivity index (χ0v) is 15.5. The Morgan fingerprint density at radius 3 is 2.78 bits per heavy atom. The molecule has 0 aliphatic heterocycles. The smallest absolute Gasteiger partial charge is 0.331 e. The standard InChI is InChI=1S/C19H22FN3O4/c1-11-7-8-15(13(20)9-11)23-14-6-4-5-12(14)16(22-23)17(24)21-19(2,10-27-3)18(25)26/h7-9H,4-6,10H2,1-3H3,(H,21,24)(H,25,26). The molecule has 0 radical (unpaired) electrons. The number of halogens is 1. The predicted octanol–water partition coefficient (Wildman–Crippen LogP) is 2.03. The van der Waals surface area contributed by atoms with Gasteiger partial charge in [-0.2, -0.15) is 5.10 Å². The molecular formula is C19H22FN3O4. The molecule has 144 valence electrons. The minimum atomic E-state index is -1.59. The third-order valence-corrected chi connectivity index (χ3v) is 4.77. The molecule has 2 N–H and O–H groups in total. The number of hydrogen-bond donors (Lipinski definition) is 2. The van der Waals surface area contributed by atoms with Crippen molar-refractivity contribution in [2.75, 3.05) is 13.7 Å². The van der Waals surface area contributed by atoms with Gasteiger partial charge >= 0.3 is 5.97 Å². The molecule has 8 heteroatoms. The molecule has 1 heterocycles. The SMILES string of the molecule is COCC(C)(NC(=O)c1nn(-c2ccc(C)cc2F)c2c1CCC2)C(=O)O. The zero-order chi connectivity index (χ0) is 19.8. The molecule has 27 heavy (non-hydrogen) atoms. The van der Waals surface area contributed by atoms with Crippen molar-refractivity contribution in [2.45, 2.75) is 38.6 Å². The van der Waals surface area contributed by atoms with Crippen molar-refractivity contribution in [2.24, 2.45) is 0 Å². The first-order valence-electron chi connectivity index (χ1n) is 8.69. The van der Waals surface area contributed by atoms with Crippen LogP contribution in [-0.2, 0) is 22.4 Å². The summed E-state index contributed by atoms with van der Waals surface area (Å²) in [5, 5.41) is 16.3. The number of aryl methyl sites for hydroxylation is 1. The molecule has 1 aromatic heterocycles. The van der Waals surface area contributed by atoms with E-state index in [1.165, 1.54) is 24.8 Å². The Hall–Kier alpha value is -2.74. The number of amides is 1. The van der Waals surface area contributed by atoms with Crippen molar-refractivity contribution in [1.82, 2.24) is 15.1 Å². The lowest BCUT2D eigenvalue weighted by atomic mass is 10.0. The van der Waals surface area contributed by atoms with Gasteiger partial charge in [-0.3, -0.25) is 4.79 Å². The van der Waals surface area contributed by atoms with Gasteiger partial charge in [0.25, 0.3) is 5.91 Å². The number of carbonyl (C=O) groups excluding carboxylic acids is 1. The lowest BCUT2D eigenvalue weighted by molar-refractivity contribution is -0.145. The van der Waals surface area contributed by atoms with E-state index >= 15 is 0 Å². The first-order valence-corrected chi connectivity index (χ1v) is 8.69. The van der Waals surface area contributed by atoms with E-state index in [0.29, 0.717) is 12.8 Å². The van der Waals surface area contributed by atoms with Crippen LogP contribution in [0, 0.1) is 12.7 Å². The van der Waals surface area contributed by atoms with E-state index in [0.717, 1.165) is 23.2 Å². The van der Waals surface area contributed by atoms with Crippen LogP contribution in [-0.4, -0.2) is 46.0 Å². The number of methoxy groups -OCH3 is 1. The van der Waals surface area contributed by atoms with Gasteiger partial charge in [0, 0.05) is 18.4 Å². The van der Waals surface area contributed by atoms with Gasteiger partial charge in [-0.25, -0.2) is 13.9 Å². The number of fused-ring (bicyclic) bond motifs is 1. The van der Waals surface area contributed by atoms with Gasteiger partial charge in [-0.05, 0) is 50.8 Å². The Labute approximate surface area is 156 Å². The number of carboxylic acids is 1. The summed E-state index contributed by atoms with van der Waals surface area (Å²) in [7, 11) is 1.36. The molecule has 3 rings (SSSR count). The van der Waals surface area contributed by atoms with Crippen molar-refractivity contribution in [3.05, 3.63) is 46.5 Å². The van der Waals surface area contributed by atoms with Crippen LogP contribution in [0.5, 0.6) is 0 Å². The Morgan fingerprint density at radius 2 is 2.15 bits per heavy atom. The Balaban J connectivity index is 2.00. The Bertz CT molecular complexity index is 909. The molecule has 1 aromatic carbocycles. The maximum absolute atomic E-state index is 14.4. The molecule has 2 aromatic rings. The van der Waals surface area contributed by atoms with Crippen LogP contribution in [0.15, 0.2) is 18.2 Å². The van der Waals surface area contributed by atoms with Gasteiger partial charge in [-0.1, -0.05) is 6.07 Å². The highest BCUT2D eigenvalue weighted by atomic mass is 19.1. The molecule has 0 saturated carbocycles. The number of carbonyl (C=O) groups is 2. The summed E-state index contributed by atoms with van der Waals surface area (Å²) in [6.07, 6.45) is 2.14. The van der Waals surface area contributed by atoms with Crippen LogP contribution in [0.25, 0.3) is 5.69 Å². The first-order chi connectivity index (χ1) is 12.8. The number of ether oxygens (including phenoxy) is 1. The van der Waals surface area contributed by atoms with Crippen LogP contribution in [0.2, 0.25) is 0 Å². The fourth-order valence-corrected chi connectivity index (χ4v) is 3.35. The summed E-state index contributed by atoms with van der Waals surface area (Å²) in [5.41, 5.74) is 1.12. The van der Waals surface area contributed by atoms with Gasteiger partial charge in [0.2, 0.25) is 0 Å². The average molecular weight is 375 g/mol. The van der Waals surface area contributed by atoms with E-state index in [-0.39, 0.29) is 18.0 Å². The highest BCUT2D eigenvalue weighted by Crippen LogP contribution is 2.29. The van der Waals surface area contributed by atoms with Gasteiger partial charge in [0.15, 0.2) is 11.2 Å². The zero-order valence-electron chi connectivity index (χ0n) is 15.5. The summed E-state index contributed by atoms with van der Waals surface area (Å²) in [6, 6.07) is 4.82. The van der Waals surface area contributed by atoms with Crippen molar-refractivity contribution in [3.8, 4) is 5.69 Å². The van der Waals surface area contributed by atoms with E-state index in [1.807, 2.05) is 0 Å². The largest absolute Gasteiger partial charge is 0.479 e. The minimum absolute atomic E-state index is 0.131. The first kappa shape index (κ1) is 19.0. The number of hydrogen-bond acceptors (Lipinski definition) is 4. The van der Waals surface area contributed by atoms with Crippen LogP contribution in [0.4, 0.5) is 4.39 Å². The minimum Gasteiger partial charge on any atom is -0.479 e. The topological polar surface area (TPSA) is 93.5 Å². The van der Waals surface area contributed by atoms with Gasteiger partial charge < -0.3 is 15.2 Å². The van der Waals surface area contributed by atoms with Gasteiger partial charge in [-0.15, -0.1) is 0 Å². The molecule has 0 fully saturated rings. The van der Waals surface area contributed by atoms with Crippen LogP contribution < -0.4 is 5.32 Å². The summed E-state index contributed by atoms with van der Waals surface area (Å²) < 4.78 is 20.8. The van der Waals surface area contributed by atoms with E-state index in [2.05, 4.69) is 10.4 Å². The predicted molar refractivity (Wildman–Crippen MR) is 95.7 cm³/mol. The number of aromatic nitrogens is 2. The Morgan fingerprint density at radius 1 is 1.41 bits per heavy atom. The van der Waals surface area contributed by atoms with Crippen LogP contribution >= 0.6 is 0 Å². The van der Waals surface area contributed by atoms with E-state index in [1.54, 1.807) is 19.1 Å². The number of carboxylic acid groups (broad SMARTS) is 1. The summed E-state index contributed by atoms with van der Waals surface area (Å²) >= 11 is 0. The Kier molecular flexibility index (Phi) is 5.01. The monoisotopic (exact) mass is 375 g/mol. The molecule has 1 aliphatic carbocycles. The molecule has 0 bridgehead atoms. The second kappa shape index (κ2) is 7.11. The number of rotatable bonds is 6. The third kappa shape index (κ3) is 3.44. The molecule has 1 atom stereocenters. The quantitative estimate of drug-likeness (QED) is 0.806. The van der Waals surface area contributed by atoms with E-state index in [4.69, 9.17) is 4.74 Å². The molecule has 0 spiro atoms. The normalized spacial score (nSPS) is 15.3. The highest BCUT2D eigenvalue weighted by molar-refractivity contribution is 5.97. The average Bonchev–Trinajstić information content (AvgIpc) is 3.17. The number of benzene rings is 1. The van der Waals surface area contributed by atoms with Gasteiger partial charge in [0.05, 0.1) is 6.61 Å². The number of nitrogens with zero attached hydrogens (tertiary/aromatic N) is 2. The molecule has 7 nitrogen and oxygen atoms in total. The van der Waals surface area contributed by atoms with Gasteiger partial charge in [0.1, 0.15) is 11.5 Å². The third-order valence-electron chi connectivity index (χ3n) is 4.77. The number of nitrogens with one attached hydrogen (secondary N) is 1. The summed E-state index contributed by atoms with van der Waals surface area (Å²) in [4.78, 5) is 24.3. The summed E-state index contributed by atoms with van der Waals surface area (Å²) in [5.74, 6) is -2.24. The molecule has 0 saturated heterocycles. The molecule has 1 amide bonds. The van der Waals surface area contributed by atoms with Crippen molar-refractivity contribution >= 4 is 11.9 Å². The van der Waals surface area contributed by atoms with Crippen molar-refractivity contribution in [1.29, 1.82) is 0 Å². The van der Waals surface area contributed by atoms with Crippen LogP contribution in [0.3, 0.4) is 0 Å². The van der Waals surface area contributed by atoms with Crippen molar-refractivity contribution < 1.29 is 23.8 Å². The van der Waals surface area contributed by atoms with E-state index < -0.39 is 23.2 Å².